The first-order valence-corrected chi connectivity index (χ1v) is 14.7. The van der Waals surface area contributed by atoms with Gasteiger partial charge in [-0.25, -0.2) is 0 Å². The van der Waals surface area contributed by atoms with Crippen LogP contribution in [0.2, 0.25) is 0 Å². The maximum Gasteiger partial charge on any atom is 0.302 e. The van der Waals surface area contributed by atoms with E-state index < -0.39 is 0 Å². The summed E-state index contributed by atoms with van der Waals surface area (Å²) in [4.78, 5) is 11.9. The molecule has 0 spiro atoms. The van der Waals surface area contributed by atoms with Gasteiger partial charge in [-0.15, -0.1) is 0 Å². The van der Waals surface area contributed by atoms with E-state index in [2.05, 4.69) is 48.1 Å². The van der Waals surface area contributed by atoms with Crippen LogP contribution in [0.1, 0.15) is 113 Å². The van der Waals surface area contributed by atoms with E-state index in [4.69, 9.17) is 4.74 Å². The van der Waals surface area contributed by atoms with Gasteiger partial charge in [-0.05, 0) is 122 Å². The van der Waals surface area contributed by atoms with Crippen molar-refractivity contribution in [3.8, 4) is 0 Å². The molecule has 0 amide bonds. The number of aliphatic hydroxyl groups is 1. The van der Waals surface area contributed by atoms with E-state index in [-0.39, 0.29) is 22.9 Å². The molecule has 5 fully saturated rings. The summed E-state index contributed by atoms with van der Waals surface area (Å²) in [6.07, 6.45) is 12.2. The van der Waals surface area contributed by atoms with Crippen LogP contribution in [0.3, 0.4) is 0 Å². The molecule has 0 heterocycles. The number of carbonyl (C=O) groups is 1. The molecular formula is C32H52O3. The van der Waals surface area contributed by atoms with Gasteiger partial charge in [0.2, 0.25) is 0 Å². The lowest BCUT2D eigenvalue weighted by Crippen LogP contribution is -2.67. The Morgan fingerprint density at radius 3 is 2.20 bits per heavy atom. The molecule has 0 aromatic rings. The summed E-state index contributed by atoms with van der Waals surface area (Å²) in [6.45, 7) is 21.3. The topological polar surface area (TPSA) is 46.5 Å². The highest BCUT2D eigenvalue weighted by molar-refractivity contribution is 5.66. The third-order valence-corrected chi connectivity index (χ3v) is 13.8. The van der Waals surface area contributed by atoms with Gasteiger partial charge in [0.25, 0.3) is 0 Å². The maximum absolute atomic E-state index is 11.9. The van der Waals surface area contributed by atoms with Gasteiger partial charge in [0, 0.05) is 18.9 Å². The van der Waals surface area contributed by atoms with Crippen LogP contribution in [-0.2, 0) is 9.53 Å². The molecule has 0 aromatic heterocycles. The summed E-state index contributed by atoms with van der Waals surface area (Å²) in [6, 6.07) is 0. The lowest BCUT2D eigenvalue weighted by molar-refractivity contribution is -0.251. The number of esters is 1. The number of carbonyl (C=O) groups excluding carboxylic acids is 1. The normalized spacial score (nSPS) is 52.5. The number of aliphatic hydroxyl groups excluding tert-OH is 1. The zero-order valence-electron chi connectivity index (χ0n) is 23.7. The van der Waals surface area contributed by atoms with Crippen molar-refractivity contribution in [3.05, 3.63) is 12.2 Å². The van der Waals surface area contributed by atoms with Crippen LogP contribution in [0.5, 0.6) is 0 Å². The van der Waals surface area contributed by atoms with Gasteiger partial charge in [-0.1, -0.05) is 46.8 Å². The molecule has 5 aliphatic rings. The molecule has 3 nitrogen and oxygen atoms in total. The molecule has 198 valence electrons. The second-order valence-corrected chi connectivity index (χ2v) is 15.2. The average molecular weight is 485 g/mol. The summed E-state index contributed by atoms with van der Waals surface area (Å²) >= 11 is 0. The van der Waals surface area contributed by atoms with Gasteiger partial charge >= 0.3 is 5.97 Å². The van der Waals surface area contributed by atoms with E-state index in [0.29, 0.717) is 46.5 Å². The predicted octanol–water partition coefficient (Wildman–Crippen LogP) is 7.57. The molecule has 5 rings (SSSR count). The highest BCUT2D eigenvalue weighted by Gasteiger charge is 2.71. The summed E-state index contributed by atoms with van der Waals surface area (Å²) in [5.41, 5.74) is 2.45. The van der Waals surface area contributed by atoms with E-state index in [1.54, 1.807) is 6.92 Å². The fourth-order valence-electron chi connectivity index (χ4n) is 11.9. The van der Waals surface area contributed by atoms with Crippen molar-refractivity contribution in [3.63, 3.8) is 0 Å². The zero-order chi connectivity index (χ0) is 25.6. The fourth-order valence-corrected chi connectivity index (χ4v) is 11.9. The Morgan fingerprint density at radius 1 is 0.857 bits per heavy atom. The van der Waals surface area contributed by atoms with Crippen LogP contribution in [0.4, 0.5) is 0 Å². The van der Waals surface area contributed by atoms with E-state index in [9.17, 15) is 9.90 Å². The van der Waals surface area contributed by atoms with Crippen molar-refractivity contribution >= 4 is 5.97 Å². The molecule has 0 aliphatic heterocycles. The average Bonchev–Trinajstić information content (AvgIpc) is 3.16. The van der Waals surface area contributed by atoms with Gasteiger partial charge in [0.1, 0.15) is 6.10 Å². The summed E-state index contributed by atoms with van der Waals surface area (Å²) in [5, 5.41) is 10.7. The van der Waals surface area contributed by atoms with Gasteiger partial charge in [-0.2, -0.15) is 0 Å². The Balaban J connectivity index is 1.51. The van der Waals surface area contributed by atoms with E-state index >= 15 is 0 Å². The van der Waals surface area contributed by atoms with Gasteiger partial charge in [0.15, 0.2) is 0 Å². The number of ether oxygens (including phenoxy) is 1. The van der Waals surface area contributed by atoms with Crippen molar-refractivity contribution in [1.82, 2.24) is 0 Å². The Morgan fingerprint density at radius 2 is 1.57 bits per heavy atom. The van der Waals surface area contributed by atoms with E-state index in [0.717, 1.165) is 12.3 Å². The van der Waals surface area contributed by atoms with E-state index in [1.165, 1.54) is 63.4 Å². The third-order valence-electron chi connectivity index (χ3n) is 13.8. The summed E-state index contributed by atoms with van der Waals surface area (Å²) in [7, 11) is 0. The molecule has 10 atom stereocenters. The minimum Gasteiger partial charge on any atom is -0.462 e. The molecule has 0 saturated heterocycles. The smallest absolute Gasteiger partial charge is 0.302 e. The summed E-state index contributed by atoms with van der Waals surface area (Å²) < 4.78 is 5.90. The number of hydrogen-bond donors (Lipinski definition) is 1. The molecule has 1 N–H and O–H groups in total. The fraction of sp³-hybridized carbons (Fsp3) is 0.906. The second kappa shape index (κ2) is 8.08. The lowest BCUT2D eigenvalue weighted by atomic mass is 9.32. The molecule has 0 aromatic carbocycles. The molecule has 3 heteroatoms. The van der Waals surface area contributed by atoms with Gasteiger partial charge in [-0.3, -0.25) is 4.79 Å². The van der Waals surface area contributed by atoms with Crippen molar-refractivity contribution in [2.45, 2.75) is 119 Å². The van der Waals surface area contributed by atoms with Crippen LogP contribution in [0.25, 0.3) is 0 Å². The lowest BCUT2D eigenvalue weighted by Gasteiger charge is -2.73. The Hall–Kier alpha value is -0.830. The molecular weight excluding hydrogens is 432 g/mol. The quantitative estimate of drug-likeness (QED) is 0.332. The van der Waals surface area contributed by atoms with Crippen molar-refractivity contribution in [1.29, 1.82) is 0 Å². The highest BCUT2D eigenvalue weighted by atomic mass is 16.5. The summed E-state index contributed by atoms with van der Waals surface area (Å²) in [5.74, 6) is 3.07. The van der Waals surface area contributed by atoms with Crippen LogP contribution in [-0.4, -0.2) is 23.8 Å². The van der Waals surface area contributed by atoms with Gasteiger partial charge < -0.3 is 9.84 Å². The zero-order valence-corrected chi connectivity index (χ0v) is 23.7. The van der Waals surface area contributed by atoms with Crippen molar-refractivity contribution in [2.24, 2.45) is 56.7 Å². The number of rotatable bonds is 3. The number of allylic oxidation sites excluding steroid dienone is 1. The monoisotopic (exact) mass is 484 g/mol. The Bertz CT molecular complexity index is 891. The SMILES string of the molecule is C=C(C)[C@@H]1CC[C@]2(CO)CC[C@]3(C)C(CCC4[C@@]5(C)CC[C@H](OC(C)=O)C(C)(C)C5CC[C@]43C)[C@H]12. The molecule has 3 unspecified atom stereocenters. The highest BCUT2D eigenvalue weighted by Crippen LogP contribution is 2.77. The first-order valence-electron chi connectivity index (χ1n) is 14.7. The predicted molar refractivity (Wildman–Crippen MR) is 142 cm³/mol. The molecule has 0 bridgehead atoms. The first kappa shape index (κ1) is 25.8. The minimum atomic E-state index is -0.126. The van der Waals surface area contributed by atoms with E-state index in [1.807, 2.05) is 0 Å². The van der Waals surface area contributed by atoms with Crippen molar-refractivity contribution in [2.75, 3.05) is 6.61 Å². The van der Waals surface area contributed by atoms with Crippen molar-refractivity contribution < 1.29 is 14.6 Å². The molecule has 5 aliphatic carbocycles. The van der Waals surface area contributed by atoms with Crippen LogP contribution in [0.15, 0.2) is 12.2 Å². The minimum absolute atomic E-state index is 0.0207. The maximum atomic E-state index is 11.9. The Kier molecular flexibility index (Phi) is 5.96. The van der Waals surface area contributed by atoms with Crippen LogP contribution >= 0.6 is 0 Å². The second-order valence-electron chi connectivity index (χ2n) is 15.2. The number of fused-ring (bicyclic) bond motifs is 7. The third kappa shape index (κ3) is 3.28. The Labute approximate surface area is 214 Å². The first-order chi connectivity index (χ1) is 16.3. The molecule has 5 saturated carbocycles. The standard InChI is InChI=1S/C32H52O3/c1-20(2)22-11-16-32(19-33)18-17-30(7)23(27(22)32)9-10-25-29(6)14-13-26(35-21(3)34)28(4,5)24(29)12-15-31(25,30)8/h22-27,33H,1,9-19H2,2-8H3/t22-,23?,24?,25?,26-,27-,29-,30+,31+,32+/m0/s1. The molecule has 35 heavy (non-hydrogen) atoms. The van der Waals surface area contributed by atoms with Crippen LogP contribution < -0.4 is 0 Å². The number of hydrogen-bond acceptors (Lipinski definition) is 3. The van der Waals surface area contributed by atoms with Crippen LogP contribution in [0, 0.1) is 56.7 Å². The molecule has 0 radical (unpaired) electrons. The van der Waals surface area contributed by atoms with Gasteiger partial charge in [0.05, 0.1) is 0 Å². The largest absolute Gasteiger partial charge is 0.462 e.